The number of hydrogen-bond donors (Lipinski definition) is 0. The Morgan fingerprint density at radius 3 is 2.53 bits per heavy atom. The van der Waals surface area contributed by atoms with E-state index in [2.05, 4.69) is 37.9 Å². The molecule has 2 aliphatic carbocycles. The molecule has 106 valence electrons. The third-order valence-corrected chi connectivity index (χ3v) is 6.47. The SMILES string of the molecule is CC(C)C1=CC2(CBr)C(CBr)CCCC2C(=O)C1=O. The molecular formula is C15H20Br2O2. The van der Waals surface area contributed by atoms with E-state index in [1.165, 1.54) is 0 Å². The average Bonchev–Trinajstić information content (AvgIpc) is 2.41. The maximum Gasteiger partial charge on any atom is 0.224 e. The Balaban J connectivity index is 2.56. The van der Waals surface area contributed by atoms with Crippen molar-refractivity contribution >= 4 is 43.4 Å². The van der Waals surface area contributed by atoms with Gasteiger partial charge in [0.1, 0.15) is 0 Å². The third-order valence-electron chi connectivity index (χ3n) is 4.72. The van der Waals surface area contributed by atoms with Crippen molar-refractivity contribution in [3.8, 4) is 0 Å². The highest BCUT2D eigenvalue weighted by Crippen LogP contribution is 2.52. The molecule has 3 atom stereocenters. The Morgan fingerprint density at radius 2 is 2.00 bits per heavy atom. The molecule has 1 saturated carbocycles. The van der Waals surface area contributed by atoms with E-state index in [-0.39, 0.29) is 28.8 Å². The number of carbonyl (C=O) groups excluding carboxylic acids is 2. The number of alkyl halides is 2. The van der Waals surface area contributed by atoms with Gasteiger partial charge in [0.05, 0.1) is 0 Å². The Labute approximate surface area is 131 Å². The van der Waals surface area contributed by atoms with Gasteiger partial charge in [-0.05, 0) is 24.7 Å². The van der Waals surface area contributed by atoms with Crippen molar-refractivity contribution in [1.29, 1.82) is 0 Å². The van der Waals surface area contributed by atoms with Crippen molar-refractivity contribution in [2.45, 2.75) is 33.1 Å². The Hall–Kier alpha value is 0.0400. The Kier molecular flexibility index (Phi) is 4.71. The lowest BCUT2D eigenvalue weighted by atomic mass is 9.56. The fourth-order valence-corrected chi connectivity index (χ4v) is 5.47. The number of carbonyl (C=O) groups is 2. The zero-order chi connectivity index (χ0) is 14.2. The van der Waals surface area contributed by atoms with E-state index in [0.717, 1.165) is 29.9 Å². The lowest BCUT2D eigenvalue weighted by Crippen LogP contribution is -2.51. The summed E-state index contributed by atoms with van der Waals surface area (Å²) in [5.74, 6) is 0.0175. The molecule has 0 aliphatic heterocycles. The van der Waals surface area contributed by atoms with Crippen LogP contribution in [-0.4, -0.2) is 22.2 Å². The van der Waals surface area contributed by atoms with Crippen molar-refractivity contribution in [3.05, 3.63) is 11.6 Å². The monoisotopic (exact) mass is 390 g/mol. The quantitative estimate of drug-likeness (QED) is 0.539. The van der Waals surface area contributed by atoms with Crippen LogP contribution in [0.5, 0.6) is 0 Å². The van der Waals surface area contributed by atoms with Crippen molar-refractivity contribution in [2.75, 3.05) is 10.7 Å². The lowest BCUT2D eigenvalue weighted by molar-refractivity contribution is -0.142. The number of fused-ring (bicyclic) bond motifs is 1. The molecule has 3 unspecified atom stereocenters. The standard InChI is InChI=1S/C15H20Br2O2/c1-9(2)11-6-15(8-17)10(7-16)4-3-5-12(15)14(19)13(11)18/h6,9-10,12H,3-5,7-8H2,1-2H3. The fraction of sp³-hybridized carbons (Fsp3) is 0.733. The van der Waals surface area contributed by atoms with Crippen molar-refractivity contribution < 1.29 is 9.59 Å². The van der Waals surface area contributed by atoms with Gasteiger partial charge in [-0.1, -0.05) is 58.2 Å². The number of ketones is 2. The molecule has 19 heavy (non-hydrogen) atoms. The molecule has 0 aromatic heterocycles. The molecule has 0 amide bonds. The van der Waals surface area contributed by atoms with Gasteiger partial charge < -0.3 is 0 Å². The van der Waals surface area contributed by atoms with Gasteiger partial charge >= 0.3 is 0 Å². The summed E-state index contributed by atoms with van der Waals surface area (Å²) in [6.07, 6.45) is 5.14. The minimum Gasteiger partial charge on any atom is -0.290 e. The van der Waals surface area contributed by atoms with Gasteiger partial charge in [-0.2, -0.15) is 0 Å². The molecule has 0 heterocycles. The van der Waals surface area contributed by atoms with E-state index >= 15 is 0 Å². The summed E-state index contributed by atoms with van der Waals surface area (Å²) in [7, 11) is 0. The second-order valence-corrected chi connectivity index (χ2v) is 7.24. The summed E-state index contributed by atoms with van der Waals surface area (Å²) >= 11 is 7.21. The first-order chi connectivity index (χ1) is 8.97. The van der Waals surface area contributed by atoms with E-state index < -0.39 is 0 Å². The summed E-state index contributed by atoms with van der Waals surface area (Å²) < 4.78 is 0. The van der Waals surface area contributed by atoms with Crippen LogP contribution < -0.4 is 0 Å². The smallest absolute Gasteiger partial charge is 0.224 e. The lowest BCUT2D eigenvalue weighted by Gasteiger charge is -2.48. The first-order valence-corrected chi connectivity index (χ1v) is 9.15. The molecular weight excluding hydrogens is 372 g/mol. The molecule has 4 heteroatoms. The van der Waals surface area contributed by atoms with Gasteiger partial charge in [0.2, 0.25) is 11.6 Å². The first kappa shape index (κ1) is 15.4. The van der Waals surface area contributed by atoms with Crippen LogP contribution in [0.4, 0.5) is 0 Å². The maximum atomic E-state index is 12.5. The fourth-order valence-electron chi connectivity index (χ4n) is 3.53. The van der Waals surface area contributed by atoms with E-state index in [9.17, 15) is 9.59 Å². The normalized spacial score (nSPS) is 35.3. The number of allylic oxidation sites excluding steroid dienone is 2. The highest BCUT2D eigenvalue weighted by molar-refractivity contribution is 9.09. The van der Waals surface area contributed by atoms with E-state index in [0.29, 0.717) is 11.5 Å². The minimum absolute atomic E-state index is 0.117. The predicted octanol–water partition coefficient (Wildman–Crippen LogP) is 3.91. The topological polar surface area (TPSA) is 34.1 Å². The van der Waals surface area contributed by atoms with Crippen LogP contribution in [0.3, 0.4) is 0 Å². The van der Waals surface area contributed by atoms with Crippen molar-refractivity contribution in [3.63, 3.8) is 0 Å². The number of Topliss-reactive ketones (excluding diaryl/α,β-unsaturated/α-hetero) is 2. The summed E-state index contributed by atoms with van der Waals surface area (Å²) in [4.78, 5) is 24.7. The molecule has 0 spiro atoms. The van der Waals surface area contributed by atoms with Crippen molar-refractivity contribution in [2.24, 2.45) is 23.2 Å². The Bertz CT molecular complexity index is 428. The molecule has 2 nitrogen and oxygen atoms in total. The van der Waals surface area contributed by atoms with E-state index in [4.69, 9.17) is 0 Å². The summed E-state index contributed by atoms with van der Waals surface area (Å²) in [6, 6.07) is 0. The van der Waals surface area contributed by atoms with Crippen molar-refractivity contribution in [1.82, 2.24) is 0 Å². The van der Waals surface area contributed by atoms with Crippen LogP contribution in [0.15, 0.2) is 11.6 Å². The second kappa shape index (κ2) is 5.80. The van der Waals surface area contributed by atoms with E-state index in [1.807, 2.05) is 13.8 Å². The van der Waals surface area contributed by atoms with Gasteiger partial charge in [0.15, 0.2) is 0 Å². The molecule has 1 fully saturated rings. The number of hydrogen-bond acceptors (Lipinski definition) is 2. The molecule has 0 N–H and O–H groups in total. The molecule has 0 saturated heterocycles. The predicted molar refractivity (Wildman–Crippen MR) is 83.8 cm³/mol. The van der Waals surface area contributed by atoms with Crippen LogP contribution in [-0.2, 0) is 9.59 Å². The van der Waals surface area contributed by atoms with Gasteiger partial charge in [-0.3, -0.25) is 9.59 Å². The molecule has 0 aromatic rings. The van der Waals surface area contributed by atoms with Gasteiger partial charge in [-0.15, -0.1) is 0 Å². The highest BCUT2D eigenvalue weighted by Gasteiger charge is 2.53. The molecule has 0 radical (unpaired) electrons. The van der Waals surface area contributed by atoms with Gasteiger partial charge in [0, 0.05) is 27.6 Å². The van der Waals surface area contributed by atoms with Gasteiger partial charge in [-0.25, -0.2) is 0 Å². The summed E-state index contributed by atoms with van der Waals surface area (Å²) in [6.45, 7) is 3.98. The van der Waals surface area contributed by atoms with Gasteiger partial charge in [0.25, 0.3) is 0 Å². The third kappa shape index (κ3) is 2.39. The highest BCUT2D eigenvalue weighted by atomic mass is 79.9. The average molecular weight is 392 g/mol. The summed E-state index contributed by atoms with van der Waals surface area (Å²) in [5.41, 5.74) is 0.542. The van der Waals surface area contributed by atoms with Crippen LogP contribution >= 0.6 is 31.9 Å². The zero-order valence-electron chi connectivity index (χ0n) is 11.4. The van der Waals surface area contributed by atoms with E-state index in [1.54, 1.807) is 0 Å². The van der Waals surface area contributed by atoms with Crippen LogP contribution in [0, 0.1) is 23.2 Å². The van der Waals surface area contributed by atoms with Crippen LogP contribution in [0.2, 0.25) is 0 Å². The summed E-state index contributed by atoms with van der Waals surface area (Å²) in [5, 5.41) is 1.65. The maximum absolute atomic E-state index is 12.5. The minimum atomic E-state index is -0.244. The number of rotatable bonds is 3. The number of halogens is 2. The molecule has 0 aromatic carbocycles. The molecule has 2 rings (SSSR count). The second-order valence-electron chi connectivity index (χ2n) is 6.03. The largest absolute Gasteiger partial charge is 0.290 e. The van der Waals surface area contributed by atoms with Crippen LogP contribution in [0.25, 0.3) is 0 Å². The zero-order valence-corrected chi connectivity index (χ0v) is 14.6. The molecule has 0 bridgehead atoms. The Morgan fingerprint density at radius 1 is 1.32 bits per heavy atom. The molecule has 2 aliphatic rings. The first-order valence-electron chi connectivity index (χ1n) is 6.91. The van der Waals surface area contributed by atoms with Crippen LogP contribution in [0.1, 0.15) is 33.1 Å².